The summed E-state index contributed by atoms with van der Waals surface area (Å²) >= 11 is 0. The van der Waals surface area contributed by atoms with Crippen molar-refractivity contribution in [1.82, 2.24) is 15.2 Å². The molecule has 4 N–H and O–H groups in total. The van der Waals surface area contributed by atoms with E-state index in [1.54, 1.807) is 12.3 Å². The normalized spacial score (nSPS) is 20.6. The van der Waals surface area contributed by atoms with E-state index in [-0.39, 0.29) is 12.0 Å². The largest absolute Gasteiger partial charge is 0.367 e. The predicted octanol–water partition coefficient (Wildman–Crippen LogP) is 0.220. The third-order valence-corrected chi connectivity index (χ3v) is 5.24. The number of likely N-dealkylation sites (N-methyl/N-ethyl adjacent to an activating group) is 1. The zero-order valence-corrected chi connectivity index (χ0v) is 16.7. The number of amides is 3. The Morgan fingerprint density at radius 3 is 2.64 bits per heavy atom. The first-order valence-corrected chi connectivity index (χ1v) is 9.21. The molecule has 0 aromatic carbocycles. The summed E-state index contributed by atoms with van der Waals surface area (Å²) in [5.41, 5.74) is 5.47. The van der Waals surface area contributed by atoms with E-state index >= 15 is 0 Å². The van der Waals surface area contributed by atoms with Crippen LogP contribution in [0.2, 0.25) is 0 Å². The molecule has 1 fully saturated rings. The SMILES string of the molecule is CCC(C)(C)CC(NC(=O)c1cc[nH]c1)C(=O)N(C)C1C(=O)COC1C(N)=O. The van der Waals surface area contributed by atoms with Gasteiger partial charge in [0.25, 0.3) is 5.91 Å². The third-order valence-electron chi connectivity index (χ3n) is 5.24. The summed E-state index contributed by atoms with van der Waals surface area (Å²) in [6.45, 7) is 5.70. The molecule has 1 aromatic heterocycles. The molecule has 1 aliphatic rings. The Kier molecular flexibility index (Phi) is 6.60. The molecule has 0 spiro atoms. The summed E-state index contributed by atoms with van der Waals surface area (Å²) in [7, 11) is 1.42. The van der Waals surface area contributed by atoms with Crippen LogP contribution >= 0.6 is 0 Å². The second kappa shape index (κ2) is 8.55. The Bertz CT molecular complexity index is 744. The van der Waals surface area contributed by atoms with Gasteiger partial charge in [0.15, 0.2) is 11.9 Å². The van der Waals surface area contributed by atoms with Gasteiger partial charge in [-0.05, 0) is 17.9 Å². The van der Waals surface area contributed by atoms with Gasteiger partial charge >= 0.3 is 0 Å². The number of hydrogen-bond donors (Lipinski definition) is 3. The number of carbonyl (C=O) groups is 4. The van der Waals surface area contributed by atoms with Gasteiger partial charge in [-0.2, -0.15) is 0 Å². The van der Waals surface area contributed by atoms with Crippen LogP contribution < -0.4 is 11.1 Å². The van der Waals surface area contributed by atoms with Crippen LogP contribution in [0.15, 0.2) is 18.5 Å². The highest BCUT2D eigenvalue weighted by molar-refractivity contribution is 6.00. The number of H-pyrrole nitrogens is 1. The topological polar surface area (TPSA) is 135 Å². The van der Waals surface area contributed by atoms with E-state index in [9.17, 15) is 19.2 Å². The first kappa shape index (κ1) is 21.6. The number of aromatic amines is 1. The van der Waals surface area contributed by atoms with E-state index in [0.29, 0.717) is 12.0 Å². The number of carbonyl (C=O) groups excluding carboxylic acids is 4. The average molecular weight is 392 g/mol. The van der Waals surface area contributed by atoms with Crippen molar-refractivity contribution >= 4 is 23.5 Å². The van der Waals surface area contributed by atoms with E-state index in [0.717, 1.165) is 6.42 Å². The molecular weight excluding hydrogens is 364 g/mol. The van der Waals surface area contributed by atoms with Crippen molar-refractivity contribution in [3.63, 3.8) is 0 Å². The van der Waals surface area contributed by atoms with E-state index in [4.69, 9.17) is 10.5 Å². The second-order valence-electron chi connectivity index (χ2n) is 7.84. The molecule has 1 aromatic rings. The number of hydrogen-bond acceptors (Lipinski definition) is 5. The number of nitrogens with zero attached hydrogens (tertiary/aromatic N) is 1. The van der Waals surface area contributed by atoms with E-state index in [2.05, 4.69) is 10.3 Å². The highest BCUT2D eigenvalue weighted by atomic mass is 16.5. The van der Waals surface area contributed by atoms with Gasteiger partial charge in [0.05, 0.1) is 5.56 Å². The number of rotatable bonds is 8. The standard InChI is InChI=1S/C19H28N4O5/c1-5-19(2,3)8-12(22-17(26)11-6-7-21-9-11)18(27)23(4)14-13(24)10-28-15(14)16(20)25/h6-7,9,12,14-15,21H,5,8,10H2,1-4H3,(H2,20,25)(H,22,26). The van der Waals surface area contributed by atoms with Crippen molar-refractivity contribution in [1.29, 1.82) is 0 Å². The molecule has 28 heavy (non-hydrogen) atoms. The molecule has 154 valence electrons. The first-order valence-electron chi connectivity index (χ1n) is 9.21. The van der Waals surface area contributed by atoms with Gasteiger partial charge in [-0.25, -0.2) is 0 Å². The smallest absolute Gasteiger partial charge is 0.253 e. The summed E-state index contributed by atoms with van der Waals surface area (Å²) in [5.74, 6) is -2.08. The number of Topliss-reactive ketones (excluding diaryl/α,β-unsaturated/α-hetero) is 1. The number of primary amides is 1. The minimum Gasteiger partial charge on any atom is -0.367 e. The maximum Gasteiger partial charge on any atom is 0.253 e. The van der Waals surface area contributed by atoms with Crippen LogP contribution in [0, 0.1) is 5.41 Å². The van der Waals surface area contributed by atoms with E-state index in [1.807, 2.05) is 20.8 Å². The second-order valence-corrected chi connectivity index (χ2v) is 7.84. The Hall–Kier alpha value is -2.68. The molecular formula is C19H28N4O5. The molecule has 3 unspecified atom stereocenters. The van der Waals surface area contributed by atoms with Crippen LogP contribution in [0.25, 0.3) is 0 Å². The molecule has 0 saturated carbocycles. The fourth-order valence-corrected chi connectivity index (χ4v) is 3.16. The highest BCUT2D eigenvalue weighted by Gasteiger charge is 2.45. The van der Waals surface area contributed by atoms with Crippen LogP contribution in [0.3, 0.4) is 0 Å². The molecule has 2 rings (SSSR count). The first-order chi connectivity index (χ1) is 13.1. The van der Waals surface area contributed by atoms with Gasteiger partial charge in [-0.1, -0.05) is 27.2 Å². The number of ketones is 1. The molecule has 1 aliphatic heterocycles. The summed E-state index contributed by atoms with van der Waals surface area (Å²) in [5, 5.41) is 2.75. The monoisotopic (exact) mass is 392 g/mol. The number of nitrogens with one attached hydrogen (secondary N) is 2. The minimum atomic E-state index is -1.19. The number of ether oxygens (including phenoxy) is 1. The Morgan fingerprint density at radius 1 is 1.43 bits per heavy atom. The zero-order chi connectivity index (χ0) is 21.1. The van der Waals surface area contributed by atoms with Crippen molar-refractivity contribution < 1.29 is 23.9 Å². The van der Waals surface area contributed by atoms with Crippen molar-refractivity contribution in [3.8, 4) is 0 Å². The maximum absolute atomic E-state index is 13.2. The lowest BCUT2D eigenvalue weighted by Gasteiger charge is -2.33. The Morgan fingerprint density at radius 2 is 2.11 bits per heavy atom. The summed E-state index contributed by atoms with van der Waals surface area (Å²) < 4.78 is 5.14. The van der Waals surface area contributed by atoms with Crippen LogP contribution in [0.1, 0.15) is 44.0 Å². The fraction of sp³-hybridized carbons (Fsp3) is 0.579. The lowest BCUT2D eigenvalue weighted by atomic mass is 9.82. The van der Waals surface area contributed by atoms with Gasteiger partial charge in [0.2, 0.25) is 11.8 Å². The third kappa shape index (κ3) is 4.78. The van der Waals surface area contributed by atoms with Gasteiger partial charge in [0.1, 0.15) is 18.7 Å². The predicted molar refractivity (Wildman–Crippen MR) is 101 cm³/mol. The number of aromatic nitrogens is 1. The van der Waals surface area contributed by atoms with E-state index < -0.39 is 41.7 Å². The average Bonchev–Trinajstić information content (AvgIpc) is 3.29. The minimum absolute atomic E-state index is 0.230. The van der Waals surface area contributed by atoms with Crippen LogP contribution in [-0.2, 0) is 19.1 Å². The molecule has 9 heteroatoms. The maximum atomic E-state index is 13.2. The molecule has 9 nitrogen and oxygen atoms in total. The van der Waals surface area contributed by atoms with Crippen LogP contribution in [0.4, 0.5) is 0 Å². The Labute approximate surface area is 164 Å². The molecule has 3 atom stereocenters. The van der Waals surface area contributed by atoms with Gasteiger partial charge < -0.3 is 25.7 Å². The van der Waals surface area contributed by atoms with Crippen LogP contribution in [-0.4, -0.2) is 65.2 Å². The molecule has 0 radical (unpaired) electrons. The zero-order valence-electron chi connectivity index (χ0n) is 16.7. The summed E-state index contributed by atoms with van der Waals surface area (Å²) in [6, 6.07) is -0.367. The molecule has 2 heterocycles. The molecule has 3 amide bonds. The quantitative estimate of drug-likeness (QED) is 0.582. The fourth-order valence-electron chi connectivity index (χ4n) is 3.16. The van der Waals surface area contributed by atoms with Crippen molar-refractivity contribution in [2.45, 2.75) is 51.8 Å². The van der Waals surface area contributed by atoms with Crippen LogP contribution in [0.5, 0.6) is 0 Å². The summed E-state index contributed by atoms with van der Waals surface area (Å²) in [4.78, 5) is 53.4. The number of nitrogens with two attached hydrogens (primary N) is 1. The van der Waals surface area contributed by atoms with Crippen molar-refractivity contribution in [3.05, 3.63) is 24.0 Å². The van der Waals surface area contributed by atoms with Crippen molar-refractivity contribution in [2.24, 2.45) is 11.1 Å². The molecule has 1 saturated heterocycles. The molecule has 0 bridgehead atoms. The highest BCUT2D eigenvalue weighted by Crippen LogP contribution is 2.28. The Balaban J connectivity index is 2.25. The van der Waals surface area contributed by atoms with Crippen molar-refractivity contribution in [2.75, 3.05) is 13.7 Å². The van der Waals surface area contributed by atoms with Gasteiger partial charge in [-0.15, -0.1) is 0 Å². The lowest BCUT2D eigenvalue weighted by molar-refractivity contribution is -0.141. The van der Waals surface area contributed by atoms with E-state index in [1.165, 1.54) is 18.1 Å². The van der Waals surface area contributed by atoms with Gasteiger partial charge in [0, 0.05) is 19.4 Å². The molecule has 0 aliphatic carbocycles. The summed E-state index contributed by atoms with van der Waals surface area (Å²) in [6.07, 6.45) is 3.10. The lowest BCUT2D eigenvalue weighted by Crippen LogP contribution is -2.56. The van der Waals surface area contributed by atoms with Gasteiger partial charge in [-0.3, -0.25) is 19.2 Å².